The molecule has 16 heavy (non-hydrogen) atoms. The van der Waals surface area contributed by atoms with E-state index in [1.165, 1.54) is 4.88 Å². The zero-order chi connectivity index (χ0) is 12.0. The Kier molecular flexibility index (Phi) is 5.53. The van der Waals surface area contributed by atoms with E-state index in [9.17, 15) is 4.79 Å². The quantitative estimate of drug-likeness (QED) is 0.746. The van der Waals surface area contributed by atoms with Gasteiger partial charge in [-0.05, 0) is 30.2 Å². The van der Waals surface area contributed by atoms with Gasteiger partial charge in [0.25, 0.3) is 0 Å². The summed E-state index contributed by atoms with van der Waals surface area (Å²) in [7, 11) is 1.90. The predicted octanol–water partition coefficient (Wildman–Crippen LogP) is 3.19. The molecule has 1 amide bonds. The summed E-state index contributed by atoms with van der Waals surface area (Å²) in [5.74, 6) is 0.918. The van der Waals surface area contributed by atoms with Crippen molar-refractivity contribution in [1.82, 2.24) is 4.90 Å². The minimum absolute atomic E-state index is 0.258. The number of hydrogen-bond acceptors (Lipinski definition) is 2. The third-order valence-corrected chi connectivity index (χ3v) is 3.57. The first-order valence-electron chi connectivity index (χ1n) is 5.86. The van der Waals surface area contributed by atoms with Crippen LogP contribution in [0.15, 0.2) is 17.5 Å². The summed E-state index contributed by atoms with van der Waals surface area (Å²) in [6.07, 6.45) is 2.60. The van der Waals surface area contributed by atoms with E-state index in [0.717, 1.165) is 19.4 Å². The largest absolute Gasteiger partial charge is 0.346 e. The average molecular weight is 239 g/mol. The van der Waals surface area contributed by atoms with Gasteiger partial charge >= 0.3 is 0 Å². The molecule has 90 valence electrons. The van der Waals surface area contributed by atoms with Crippen LogP contribution >= 0.6 is 11.3 Å². The van der Waals surface area contributed by atoms with Crippen LogP contribution in [0.4, 0.5) is 0 Å². The highest BCUT2D eigenvalue weighted by Crippen LogP contribution is 2.11. The van der Waals surface area contributed by atoms with Crippen molar-refractivity contribution in [3.63, 3.8) is 0 Å². The van der Waals surface area contributed by atoms with Crippen molar-refractivity contribution < 1.29 is 4.79 Å². The fourth-order valence-corrected chi connectivity index (χ4v) is 2.16. The van der Waals surface area contributed by atoms with Crippen molar-refractivity contribution in [3.8, 4) is 0 Å². The Hall–Kier alpha value is -0.830. The first-order chi connectivity index (χ1) is 7.59. The van der Waals surface area contributed by atoms with E-state index in [2.05, 4.69) is 25.3 Å². The standard InChI is InChI=1S/C13H21NOS/c1-11(2)8-9-14(3)13(15)7-6-12-5-4-10-16-12/h4-5,10-11H,6-9H2,1-3H3. The summed E-state index contributed by atoms with van der Waals surface area (Å²) in [6, 6.07) is 4.12. The number of carbonyl (C=O) groups excluding carboxylic acids is 1. The van der Waals surface area contributed by atoms with Crippen molar-refractivity contribution in [2.45, 2.75) is 33.1 Å². The molecule has 0 atom stereocenters. The fourth-order valence-electron chi connectivity index (χ4n) is 1.45. The van der Waals surface area contributed by atoms with Gasteiger partial charge in [0, 0.05) is 24.9 Å². The topological polar surface area (TPSA) is 20.3 Å². The molecular weight excluding hydrogens is 218 g/mol. The van der Waals surface area contributed by atoms with E-state index in [4.69, 9.17) is 0 Å². The summed E-state index contributed by atoms with van der Waals surface area (Å²) < 4.78 is 0. The van der Waals surface area contributed by atoms with Crippen LogP contribution in [0.5, 0.6) is 0 Å². The summed E-state index contributed by atoms with van der Waals surface area (Å²) in [5, 5.41) is 2.06. The van der Waals surface area contributed by atoms with Crippen molar-refractivity contribution in [1.29, 1.82) is 0 Å². The first kappa shape index (κ1) is 13.2. The monoisotopic (exact) mass is 239 g/mol. The molecule has 0 aliphatic carbocycles. The molecule has 0 spiro atoms. The highest BCUT2D eigenvalue weighted by Gasteiger charge is 2.09. The van der Waals surface area contributed by atoms with E-state index in [1.54, 1.807) is 11.3 Å². The molecule has 2 nitrogen and oxygen atoms in total. The molecule has 3 heteroatoms. The minimum Gasteiger partial charge on any atom is -0.346 e. The van der Waals surface area contributed by atoms with Crippen molar-refractivity contribution >= 4 is 17.2 Å². The summed E-state index contributed by atoms with van der Waals surface area (Å²) in [5.41, 5.74) is 0. The van der Waals surface area contributed by atoms with E-state index >= 15 is 0 Å². The number of rotatable bonds is 6. The molecule has 0 saturated heterocycles. The van der Waals surface area contributed by atoms with Crippen molar-refractivity contribution in [2.24, 2.45) is 5.92 Å². The molecule has 0 radical (unpaired) electrons. The second-order valence-corrected chi connectivity index (χ2v) is 5.61. The van der Waals surface area contributed by atoms with Crippen LogP contribution in [0.1, 0.15) is 31.6 Å². The number of hydrogen-bond donors (Lipinski definition) is 0. The minimum atomic E-state index is 0.258. The fraction of sp³-hybridized carbons (Fsp3) is 0.615. The van der Waals surface area contributed by atoms with Gasteiger partial charge in [0.1, 0.15) is 0 Å². The number of nitrogens with zero attached hydrogens (tertiary/aromatic N) is 1. The third kappa shape index (κ3) is 4.79. The molecule has 0 aromatic carbocycles. The van der Waals surface area contributed by atoms with Crippen LogP contribution in [0, 0.1) is 5.92 Å². The third-order valence-electron chi connectivity index (χ3n) is 2.63. The van der Waals surface area contributed by atoms with Crippen LogP contribution < -0.4 is 0 Å². The highest BCUT2D eigenvalue weighted by molar-refractivity contribution is 7.09. The van der Waals surface area contributed by atoms with Gasteiger partial charge in [-0.1, -0.05) is 19.9 Å². The van der Waals surface area contributed by atoms with Gasteiger partial charge in [0.05, 0.1) is 0 Å². The van der Waals surface area contributed by atoms with Gasteiger partial charge in [-0.2, -0.15) is 0 Å². The lowest BCUT2D eigenvalue weighted by Crippen LogP contribution is -2.28. The van der Waals surface area contributed by atoms with Crippen LogP contribution in [-0.2, 0) is 11.2 Å². The Labute approximate surface area is 102 Å². The lowest BCUT2D eigenvalue weighted by Gasteiger charge is -2.18. The van der Waals surface area contributed by atoms with Crippen LogP contribution in [0.25, 0.3) is 0 Å². The Morgan fingerprint density at radius 2 is 2.25 bits per heavy atom. The van der Waals surface area contributed by atoms with Crippen LogP contribution in [-0.4, -0.2) is 24.4 Å². The van der Waals surface area contributed by atoms with Gasteiger partial charge in [-0.15, -0.1) is 11.3 Å². The Balaban J connectivity index is 2.23. The zero-order valence-electron chi connectivity index (χ0n) is 10.4. The van der Waals surface area contributed by atoms with Crippen LogP contribution in [0.3, 0.4) is 0 Å². The smallest absolute Gasteiger partial charge is 0.222 e. The van der Waals surface area contributed by atoms with Gasteiger partial charge < -0.3 is 4.90 Å². The maximum atomic E-state index is 11.8. The van der Waals surface area contributed by atoms with Gasteiger partial charge in [-0.25, -0.2) is 0 Å². The number of thiophene rings is 1. The van der Waals surface area contributed by atoms with Gasteiger partial charge in [-0.3, -0.25) is 4.79 Å². The second kappa shape index (κ2) is 6.69. The molecule has 1 rings (SSSR count). The maximum absolute atomic E-state index is 11.8. The summed E-state index contributed by atoms with van der Waals surface area (Å²) in [4.78, 5) is 14.9. The molecule has 1 aromatic rings. The Morgan fingerprint density at radius 3 is 2.81 bits per heavy atom. The van der Waals surface area contributed by atoms with E-state index in [1.807, 2.05) is 18.0 Å². The first-order valence-corrected chi connectivity index (χ1v) is 6.74. The highest BCUT2D eigenvalue weighted by atomic mass is 32.1. The lowest BCUT2D eigenvalue weighted by atomic mass is 10.1. The van der Waals surface area contributed by atoms with Crippen LogP contribution in [0.2, 0.25) is 0 Å². The Bertz CT molecular complexity index is 306. The molecule has 0 N–H and O–H groups in total. The second-order valence-electron chi connectivity index (χ2n) is 4.58. The zero-order valence-corrected chi connectivity index (χ0v) is 11.2. The van der Waals surface area contributed by atoms with Crippen molar-refractivity contribution in [2.75, 3.05) is 13.6 Å². The predicted molar refractivity (Wildman–Crippen MR) is 69.7 cm³/mol. The number of aryl methyl sites for hydroxylation is 1. The molecule has 0 fully saturated rings. The molecule has 0 bridgehead atoms. The molecule has 1 heterocycles. The molecule has 0 aliphatic rings. The molecule has 0 aliphatic heterocycles. The van der Waals surface area contributed by atoms with Crippen molar-refractivity contribution in [3.05, 3.63) is 22.4 Å². The van der Waals surface area contributed by atoms with Gasteiger partial charge in [0.15, 0.2) is 0 Å². The summed E-state index contributed by atoms with van der Waals surface area (Å²) >= 11 is 1.72. The normalized spacial score (nSPS) is 10.8. The van der Waals surface area contributed by atoms with E-state index in [0.29, 0.717) is 12.3 Å². The average Bonchev–Trinajstić information content (AvgIpc) is 2.75. The maximum Gasteiger partial charge on any atom is 0.222 e. The SMILES string of the molecule is CC(C)CCN(C)C(=O)CCc1cccs1. The molecule has 0 unspecified atom stereocenters. The van der Waals surface area contributed by atoms with Gasteiger partial charge in [0.2, 0.25) is 5.91 Å². The van der Waals surface area contributed by atoms with E-state index < -0.39 is 0 Å². The lowest BCUT2D eigenvalue weighted by molar-refractivity contribution is -0.129. The molecule has 1 aromatic heterocycles. The number of amides is 1. The summed E-state index contributed by atoms with van der Waals surface area (Å²) in [6.45, 7) is 5.24. The number of carbonyl (C=O) groups is 1. The Morgan fingerprint density at radius 1 is 1.50 bits per heavy atom. The molecular formula is C13H21NOS. The van der Waals surface area contributed by atoms with E-state index in [-0.39, 0.29) is 5.91 Å². The molecule has 0 saturated carbocycles.